The molecule has 140 valence electrons. The second kappa shape index (κ2) is 11.6. The summed E-state index contributed by atoms with van der Waals surface area (Å²) >= 11 is 0. The third-order valence-corrected chi connectivity index (χ3v) is 4.00. The van der Waals surface area contributed by atoms with Crippen LogP contribution in [-0.4, -0.2) is 91.6 Å². The quantitative estimate of drug-likeness (QED) is 0.342. The molecular weight excluding hydrogens is 312 g/mol. The Kier molecular flexibility index (Phi) is 9.40. The van der Waals surface area contributed by atoms with Gasteiger partial charge in [0.15, 0.2) is 0 Å². The summed E-state index contributed by atoms with van der Waals surface area (Å²) in [5, 5.41) is 13.5. The molecule has 1 unspecified atom stereocenters. The normalized spacial score (nSPS) is 27.2. The molecule has 2 aliphatic heterocycles. The first kappa shape index (κ1) is 19.4. The molecule has 1 fully saturated rings. The van der Waals surface area contributed by atoms with Crippen molar-refractivity contribution in [3.8, 4) is 0 Å². The fraction of sp³-hybridized carbons (Fsp3) is 0.875. The van der Waals surface area contributed by atoms with Crippen molar-refractivity contribution in [2.75, 3.05) is 73.5 Å². The van der Waals surface area contributed by atoms with Crippen molar-refractivity contribution in [2.24, 2.45) is 0 Å². The summed E-state index contributed by atoms with van der Waals surface area (Å²) in [6.45, 7) is 6.58. The molecule has 0 aromatic carbocycles. The van der Waals surface area contributed by atoms with Crippen LogP contribution in [0.15, 0.2) is 11.9 Å². The van der Waals surface area contributed by atoms with E-state index < -0.39 is 0 Å². The SMILES string of the molecule is COCC1=CN[C@@H](COCCOC[C@H]2CNCC(COC)N2)CN1. The highest BCUT2D eigenvalue weighted by Crippen LogP contribution is 1.99. The van der Waals surface area contributed by atoms with E-state index in [9.17, 15) is 0 Å². The molecule has 4 N–H and O–H groups in total. The van der Waals surface area contributed by atoms with Crippen LogP contribution in [-0.2, 0) is 18.9 Å². The maximum Gasteiger partial charge on any atom is 0.0873 e. The largest absolute Gasteiger partial charge is 0.383 e. The Labute approximate surface area is 144 Å². The Morgan fingerprint density at radius 3 is 2.25 bits per heavy atom. The third-order valence-electron chi connectivity index (χ3n) is 4.00. The highest BCUT2D eigenvalue weighted by atomic mass is 16.5. The zero-order chi connectivity index (χ0) is 17.0. The van der Waals surface area contributed by atoms with Crippen LogP contribution < -0.4 is 21.3 Å². The van der Waals surface area contributed by atoms with E-state index in [0.717, 1.165) is 31.9 Å². The zero-order valence-electron chi connectivity index (χ0n) is 14.8. The molecule has 0 spiro atoms. The van der Waals surface area contributed by atoms with E-state index in [4.69, 9.17) is 18.9 Å². The van der Waals surface area contributed by atoms with Gasteiger partial charge in [0.05, 0.1) is 51.4 Å². The van der Waals surface area contributed by atoms with Crippen molar-refractivity contribution >= 4 is 0 Å². The summed E-state index contributed by atoms with van der Waals surface area (Å²) in [5.41, 5.74) is 1.07. The number of nitrogens with one attached hydrogen (secondary N) is 4. The molecule has 0 aromatic rings. The number of rotatable bonds is 11. The summed E-state index contributed by atoms with van der Waals surface area (Å²) in [4.78, 5) is 0. The molecule has 0 saturated carbocycles. The summed E-state index contributed by atoms with van der Waals surface area (Å²) < 4.78 is 21.6. The van der Waals surface area contributed by atoms with Gasteiger partial charge in [-0.25, -0.2) is 0 Å². The number of ether oxygens (including phenoxy) is 4. The van der Waals surface area contributed by atoms with Crippen LogP contribution in [0.25, 0.3) is 0 Å². The van der Waals surface area contributed by atoms with Crippen LogP contribution in [0.3, 0.4) is 0 Å². The van der Waals surface area contributed by atoms with Crippen molar-refractivity contribution in [1.29, 1.82) is 0 Å². The minimum absolute atomic E-state index is 0.282. The van der Waals surface area contributed by atoms with Gasteiger partial charge in [-0.15, -0.1) is 0 Å². The molecule has 2 rings (SSSR count). The Hall–Kier alpha value is -0.900. The van der Waals surface area contributed by atoms with Crippen LogP contribution in [0.1, 0.15) is 0 Å². The van der Waals surface area contributed by atoms with Gasteiger partial charge >= 0.3 is 0 Å². The number of piperazine rings is 1. The summed E-state index contributed by atoms with van der Waals surface area (Å²) in [6.07, 6.45) is 1.95. The van der Waals surface area contributed by atoms with Crippen LogP contribution in [0, 0.1) is 0 Å². The van der Waals surface area contributed by atoms with E-state index >= 15 is 0 Å². The van der Waals surface area contributed by atoms with Gasteiger partial charge in [-0.3, -0.25) is 0 Å². The zero-order valence-corrected chi connectivity index (χ0v) is 14.8. The predicted octanol–water partition coefficient (Wildman–Crippen LogP) is -1.35. The van der Waals surface area contributed by atoms with Crippen molar-refractivity contribution in [3.05, 3.63) is 11.9 Å². The average Bonchev–Trinajstić information content (AvgIpc) is 2.60. The van der Waals surface area contributed by atoms with Crippen LogP contribution >= 0.6 is 0 Å². The van der Waals surface area contributed by atoms with E-state index in [2.05, 4.69) is 21.3 Å². The lowest BCUT2D eigenvalue weighted by Crippen LogP contribution is -2.58. The minimum Gasteiger partial charge on any atom is -0.383 e. The Balaban J connectivity index is 1.46. The molecule has 2 heterocycles. The molecular formula is C16H32N4O4. The first-order chi connectivity index (χ1) is 11.8. The second-order valence-electron chi connectivity index (χ2n) is 6.17. The summed E-state index contributed by atoms with van der Waals surface area (Å²) in [7, 11) is 3.42. The van der Waals surface area contributed by atoms with Gasteiger partial charge < -0.3 is 40.2 Å². The highest BCUT2D eigenvalue weighted by molar-refractivity contribution is 5.04. The van der Waals surface area contributed by atoms with Gasteiger partial charge in [0, 0.05) is 52.1 Å². The van der Waals surface area contributed by atoms with Crippen LogP contribution in [0.4, 0.5) is 0 Å². The smallest absolute Gasteiger partial charge is 0.0873 e. The van der Waals surface area contributed by atoms with Gasteiger partial charge in [-0.1, -0.05) is 0 Å². The van der Waals surface area contributed by atoms with Gasteiger partial charge in [0.2, 0.25) is 0 Å². The van der Waals surface area contributed by atoms with E-state index in [-0.39, 0.29) is 6.04 Å². The molecule has 0 amide bonds. The van der Waals surface area contributed by atoms with E-state index in [1.54, 1.807) is 14.2 Å². The van der Waals surface area contributed by atoms with Crippen molar-refractivity contribution in [3.63, 3.8) is 0 Å². The highest BCUT2D eigenvalue weighted by Gasteiger charge is 2.20. The molecule has 0 radical (unpaired) electrons. The molecule has 0 aliphatic carbocycles. The fourth-order valence-electron chi connectivity index (χ4n) is 2.81. The average molecular weight is 344 g/mol. The molecule has 0 aromatic heterocycles. The standard InChI is InChI=1S/C16H32N4O4/c1-21-9-13-7-19-14(8-18-13)11-23-3-4-24-12-16-6-17-5-15(20-16)10-22-2/h7,14-20H,3-6,8-12H2,1-2H3/t14-,15?,16-/m1/s1. The molecule has 24 heavy (non-hydrogen) atoms. The maximum absolute atomic E-state index is 5.71. The fourth-order valence-corrected chi connectivity index (χ4v) is 2.81. The van der Waals surface area contributed by atoms with Crippen molar-refractivity contribution < 1.29 is 18.9 Å². The van der Waals surface area contributed by atoms with E-state index in [1.807, 2.05) is 6.20 Å². The molecule has 0 bridgehead atoms. The first-order valence-corrected chi connectivity index (χ1v) is 8.61. The molecule has 8 nitrogen and oxygen atoms in total. The number of methoxy groups -OCH3 is 2. The topological polar surface area (TPSA) is 85.0 Å². The summed E-state index contributed by atoms with van der Waals surface area (Å²) in [6, 6.07) is 0.964. The Morgan fingerprint density at radius 2 is 1.62 bits per heavy atom. The van der Waals surface area contributed by atoms with Gasteiger partial charge in [0.1, 0.15) is 0 Å². The third kappa shape index (κ3) is 7.33. The lowest BCUT2D eigenvalue weighted by molar-refractivity contribution is 0.0269. The number of hydrogen-bond donors (Lipinski definition) is 4. The lowest BCUT2D eigenvalue weighted by Gasteiger charge is -2.31. The summed E-state index contributed by atoms with van der Waals surface area (Å²) in [5.74, 6) is 0. The Bertz CT molecular complexity index is 368. The Morgan fingerprint density at radius 1 is 0.917 bits per heavy atom. The maximum atomic E-state index is 5.71. The van der Waals surface area contributed by atoms with Crippen molar-refractivity contribution in [1.82, 2.24) is 21.3 Å². The number of hydrogen-bond acceptors (Lipinski definition) is 8. The second-order valence-corrected chi connectivity index (χ2v) is 6.17. The first-order valence-electron chi connectivity index (χ1n) is 8.61. The monoisotopic (exact) mass is 344 g/mol. The minimum atomic E-state index is 0.282. The molecule has 1 saturated heterocycles. The molecule has 8 heteroatoms. The molecule has 2 aliphatic rings. The van der Waals surface area contributed by atoms with Crippen LogP contribution in [0.5, 0.6) is 0 Å². The van der Waals surface area contributed by atoms with Crippen molar-refractivity contribution in [2.45, 2.75) is 18.1 Å². The van der Waals surface area contributed by atoms with Gasteiger partial charge in [0.25, 0.3) is 0 Å². The van der Waals surface area contributed by atoms with E-state index in [0.29, 0.717) is 45.1 Å². The van der Waals surface area contributed by atoms with Gasteiger partial charge in [-0.2, -0.15) is 0 Å². The van der Waals surface area contributed by atoms with E-state index in [1.165, 1.54) is 0 Å². The van der Waals surface area contributed by atoms with Crippen LogP contribution in [0.2, 0.25) is 0 Å². The van der Waals surface area contributed by atoms with Gasteiger partial charge in [-0.05, 0) is 0 Å². The predicted molar refractivity (Wildman–Crippen MR) is 92.0 cm³/mol. The molecule has 3 atom stereocenters. The lowest BCUT2D eigenvalue weighted by atomic mass is 10.2.